The zero-order chi connectivity index (χ0) is 19.1. The van der Waals surface area contributed by atoms with E-state index < -0.39 is 0 Å². The number of carbonyl (C=O) groups excluding carboxylic acids is 1. The lowest BCUT2D eigenvalue weighted by Crippen LogP contribution is -2.67. The van der Waals surface area contributed by atoms with Crippen molar-refractivity contribution in [3.05, 3.63) is 51.0 Å². The van der Waals surface area contributed by atoms with Crippen LogP contribution in [0, 0.1) is 6.92 Å². The molecule has 1 atom stereocenters. The van der Waals surface area contributed by atoms with Crippen molar-refractivity contribution in [3.63, 3.8) is 0 Å². The minimum atomic E-state index is -0.224. The van der Waals surface area contributed by atoms with Crippen molar-refractivity contribution >= 4 is 17.2 Å². The van der Waals surface area contributed by atoms with E-state index in [2.05, 4.69) is 11.1 Å². The molecule has 148 valence electrons. The van der Waals surface area contributed by atoms with Gasteiger partial charge < -0.3 is 14.4 Å². The topological polar surface area (TPSA) is 51.7 Å². The van der Waals surface area contributed by atoms with Crippen molar-refractivity contribution in [2.75, 3.05) is 19.7 Å². The van der Waals surface area contributed by atoms with Gasteiger partial charge in [0, 0.05) is 23.6 Å². The minimum absolute atomic E-state index is 0.166. The first-order valence-electron chi connectivity index (χ1n) is 10.2. The van der Waals surface area contributed by atoms with E-state index in [9.17, 15) is 4.79 Å². The average molecular weight is 399 g/mol. The number of likely N-dealkylation sites (tertiary alicyclic amines) is 1. The molecule has 2 aromatic rings. The summed E-state index contributed by atoms with van der Waals surface area (Å²) in [6, 6.07) is 8.13. The second-order valence-corrected chi connectivity index (χ2v) is 9.44. The standard InChI is InChI=1S/C22H26N2O3S/c1-15-4-2-6-17(23-15)12-26-18-8-9-27-22(11-18)13-24(14-22)21(25)20-10-16-5-3-7-19(16)28-20/h2,4,6,10,18H,3,5,7-9,11-14H2,1H3/t18-/m0/s1. The fraction of sp³-hybridized carbons (Fsp3) is 0.545. The van der Waals surface area contributed by atoms with Crippen LogP contribution in [-0.4, -0.2) is 47.2 Å². The molecular formula is C22H26N2O3S. The molecule has 3 aliphatic rings. The predicted molar refractivity (Wildman–Crippen MR) is 108 cm³/mol. The molecular weight excluding hydrogens is 372 g/mol. The van der Waals surface area contributed by atoms with Crippen molar-refractivity contribution in [1.29, 1.82) is 0 Å². The first-order chi connectivity index (χ1) is 13.6. The molecule has 0 saturated carbocycles. The van der Waals surface area contributed by atoms with E-state index in [0.29, 0.717) is 26.3 Å². The van der Waals surface area contributed by atoms with Gasteiger partial charge in [-0.05, 0) is 56.4 Å². The Morgan fingerprint density at radius 2 is 2.29 bits per heavy atom. The van der Waals surface area contributed by atoms with Gasteiger partial charge in [0.05, 0.1) is 36.4 Å². The largest absolute Gasteiger partial charge is 0.372 e. The number of thiophene rings is 1. The maximum atomic E-state index is 12.8. The molecule has 0 radical (unpaired) electrons. The van der Waals surface area contributed by atoms with E-state index in [1.165, 1.54) is 16.9 Å². The van der Waals surface area contributed by atoms with E-state index in [4.69, 9.17) is 9.47 Å². The number of aryl methyl sites for hydroxylation is 3. The van der Waals surface area contributed by atoms with Crippen LogP contribution >= 0.6 is 11.3 Å². The van der Waals surface area contributed by atoms with Gasteiger partial charge in [0.2, 0.25) is 0 Å². The average Bonchev–Trinajstić information content (AvgIpc) is 3.26. The molecule has 2 aromatic heterocycles. The van der Waals surface area contributed by atoms with Crippen LogP contribution in [0.4, 0.5) is 0 Å². The Hall–Kier alpha value is -1.76. The molecule has 0 bridgehead atoms. The molecule has 1 spiro atoms. The third kappa shape index (κ3) is 3.49. The summed E-state index contributed by atoms with van der Waals surface area (Å²) in [6.45, 7) is 4.58. The van der Waals surface area contributed by atoms with E-state index in [-0.39, 0.29) is 17.6 Å². The molecule has 0 unspecified atom stereocenters. The highest BCUT2D eigenvalue weighted by atomic mass is 32.1. The zero-order valence-electron chi connectivity index (χ0n) is 16.3. The van der Waals surface area contributed by atoms with Gasteiger partial charge >= 0.3 is 0 Å². The third-order valence-electron chi connectivity index (χ3n) is 6.06. The van der Waals surface area contributed by atoms with E-state index in [0.717, 1.165) is 41.9 Å². The molecule has 5 nitrogen and oxygen atoms in total. The second-order valence-electron chi connectivity index (χ2n) is 8.30. The summed E-state index contributed by atoms with van der Waals surface area (Å²) in [7, 11) is 0. The number of carbonyl (C=O) groups is 1. The molecule has 0 N–H and O–H groups in total. The van der Waals surface area contributed by atoms with Crippen molar-refractivity contribution in [2.45, 2.75) is 57.3 Å². The highest BCUT2D eigenvalue weighted by Crippen LogP contribution is 2.38. The summed E-state index contributed by atoms with van der Waals surface area (Å²) in [5, 5.41) is 0. The first kappa shape index (κ1) is 18.3. The van der Waals surface area contributed by atoms with Gasteiger partial charge in [-0.25, -0.2) is 0 Å². The Bertz CT molecular complexity index is 866. The van der Waals surface area contributed by atoms with Crippen LogP contribution in [0.25, 0.3) is 0 Å². The number of hydrogen-bond acceptors (Lipinski definition) is 5. The van der Waals surface area contributed by atoms with Crippen molar-refractivity contribution in [2.24, 2.45) is 0 Å². The van der Waals surface area contributed by atoms with Crippen LogP contribution in [0.1, 0.15) is 50.8 Å². The molecule has 2 saturated heterocycles. The van der Waals surface area contributed by atoms with Crippen LogP contribution in [0.5, 0.6) is 0 Å². The van der Waals surface area contributed by atoms with Crippen LogP contribution in [0.2, 0.25) is 0 Å². The number of amides is 1. The lowest BCUT2D eigenvalue weighted by atomic mass is 9.84. The van der Waals surface area contributed by atoms with Crippen LogP contribution < -0.4 is 0 Å². The van der Waals surface area contributed by atoms with Gasteiger partial charge in [0.1, 0.15) is 5.60 Å². The zero-order valence-corrected chi connectivity index (χ0v) is 17.1. The summed E-state index contributed by atoms with van der Waals surface area (Å²) >= 11 is 1.69. The van der Waals surface area contributed by atoms with E-state index >= 15 is 0 Å². The quantitative estimate of drug-likeness (QED) is 0.791. The molecule has 1 amide bonds. The highest BCUT2D eigenvalue weighted by molar-refractivity contribution is 7.14. The Labute approximate surface area is 169 Å². The molecule has 28 heavy (non-hydrogen) atoms. The lowest BCUT2D eigenvalue weighted by molar-refractivity contribution is -0.188. The fourth-order valence-electron chi connectivity index (χ4n) is 4.61. The van der Waals surface area contributed by atoms with E-state index in [1.54, 1.807) is 11.3 Å². The Morgan fingerprint density at radius 3 is 3.11 bits per heavy atom. The number of hydrogen-bond donors (Lipinski definition) is 0. The van der Waals surface area contributed by atoms with Gasteiger partial charge in [-0.3, -0.25) is 9.78 Å². The Kier molecular flexibility index (Phi) is 4.73. The van der Waals surface area contributed by atoms with Crippen molar-refractivity contribution in [3.8, 4) is 0 Å². The van der Waals surface area contributed by atoms with Gasteiger partial charge in [-0.1, -0.05) is 6.07 Å². The van der Waals surface area contributed by atoms with Crippen molar-refractivity contribution < 1.29 is 14.3 Å². The second kappa shape index (κ2) is 7.25. The molecule has 2 fully saturated rings. The van der Waals surface area contributed by atoms with Gasteiger partial charge in [0.15, 0.2) is 0 Å². The van der Waals surface area contributed by atoms with Gasteiger partial charge in [0.25, 0.3) is 5.91 Å². The van der Waals surface area contributed by atoms with Gasteiger partial charge in [-0.15, -0.1) is 11.3 Å². The molecule has 2 aliphatic heterocycles. The Morgan fingerprint density at radius 1 is 1.39 bits per heavy atom. The summed E-state index contributed by atoms with van der Waals surface area (Å²) in [5.41, 5.74) is 3.14. The van der Waals surface area contributed by atoms with Crippen LogP contribution in [-0.2, 0) is 28.9 Å². The van der Waals surface area contributed by atoms with Crippen LogP contribution in [0.3, 0.4) is 0 Å². The third-order valence-corrected chi connectivity index (χ3v) is 7.29. The highest BCUT2D eigenvalue weighted by Gasteiger charge is 2.50. The molecule has 4 heterocycles. The normalized spacial score (nSPS) is 22.9. The first-order valence-corrected chi connectivity index (χ1v) is 11.0. The molecule has 5 rings (SSSR count). The number of nitrogens with zero attached hydrogens (tertiary/aromatic N) is 2. The van der Waals surface area contributed by atoms with Crippen LogP contribution in [0.15, 0.2) is 24.3 Å². The maximum Gasteiger partial charge on any atom is 0.264 e. The number of fused-ring (bicyclic) bond motifs is 1. The Balaban J connectivity index is 1.16. The summed E-state index contributed by atoms with van der Waals surface area (Å²) < 4.78 is 12.2. The molecule has 6 heteroatoms. The van der Waals surface area contributed by atoms with E-state index in [1.807, 2.05) is 30.0 Å². The number of rotatable bonds is 4. The SMILES string of the molecule is Cc1cccc(CO[C@H]2CCOC3(C2)CN(C(=O)c2cc4c(s2)CCC4)C3)n1. The molecule has 0 aromatic carbocycles. The monoisotopic (exact) mass is 398 g/mol. The summed E-state index contributed by atoms with van der Waals surface area (Å²) in [4.78, 5) is 21.6. The minimum Gasteiger partial charge on any atom is -0.372 e. The predicted octanol–water partition coefficient (Wildman–Crippen LogP) is 3.53. The number of ether oxygens (including phenoxy) is 2. The number of aromatic nitrogens is 1. The molecule has 1 aliphatic carbocycles. The lowest BCUT2D eigenvalue weighted by Gasteiger charge is -2.52. The maximum absolute atomic E-state index is 12.8. The van der Waals surface area contributed by atoms with Gasteiger partial charge in [-0.2, -0.15) is 0 Å². The number of pyridine rings is 1. The smallest absolute Gasteiger partial charge is 0.264 e. The fourth-order valence-corrected chi connectivity index (χ4v) is 5.83. The summed E-state index contributed by atoms with van der Waals surface area (Å²) in [5.74, 6) is 0.167. The summed E-state index contributed by atoms with van der Waals surface area (Å²) in [6.07, 6.45) is 5.41. The van der Waals surface area contributed by atoms with Crippen molar-refractivity contribution in [1.82, 2.24) is 9.88 Å².